The van der Waals surface area contributed by atoms with E-state index in [0.717, 1.165) is 0 Å². The summed E-state index contributed by atoms with van der Waals surface area (Å²) in [5.74, 6) is -3.28. The third kappa shape index (κ3) is 2.79. The Kier molecular flexibility index (Phi) is 4.19. The van der Waals surface area contributed by atoms with Gasteiger partial charge in [0.15, 0.2) is 0 Å². The predicted octanol–water partition coefficient (Wildman–Crippen LogP) is 2.80. The van der Waals surface area contributed by atoms with Crippen molar-refractivity contribution in [2.75, 3.05) is 0 Å². The largest absolute Gasteiger partial charge is 0.481 e. The lowest BCUT2D eigenvalue weighted by molar-refractivity contribution is -0.173. The zero-order valence-corrected chi connectivity index (χ0v) is 13.5. The molecule has 1 aliphatic carbocycles. The van der Waals surface area contributed by atoms with E-state index < -0.39 is 34.6 Å². The SMILES string of the molecule is CC1C(C(=O)O)C(C(=O)C(C)(C)C)C1C(=O)C(C)(C)C. The molecule has 0 amide bonds. The number of hydrogen-bond acceptors (Lipinski definition) is 3. The van der Waals surface area contributed by atoms with Crippen molar-refractivity contribution in [1.82, 2.24) is 0 Å². The van der Waals surface area contributed by atoms with Gasteiger partial charge in [-0.3, -0.25) is 14.4 Å². The highest BCUT2D eigenvalue weighted by Crippen LogP contribution is 2.51. The van der Waals surface area contributed by atoms with Crippen LogP contribution in [0, 0.1) is 34.5 Å². The van der Waals surface area contributed by atoms with Crippen molar-refractivity contribution in [3.63, 3.8) is 0 Å². The normalized spacial score (nSPS) is 30.6. The Labute approximate surface area is 120 Å². The average molecular weight is 282 g/mol. The molecule has 1 fully saturated rings. The van der Waals surface area contributed by atoms with Gasteiger partial charge in [0, 0.05) is 22.7 Å². The second-order valence-electron chi connectivity index (χ2n) is 8.00. The second kappa shape index (κ2) is 4.97. The van der Waals surface area contributed by atoms with Gasteiger partial charge in [-0.1, -0.05) is 48.5 Å². The third-order valence-corrected chi connectivity index (χ3v) is 4.28. The lowest BCUT2D eigenvalue weighted by atomic mass is 9.50. The minimum atomic E-state index is -0.974. The summed E-state index contributed by atoms with van der Waals surface area (Å²) in [6.07, 6.45) is 0. The Morgan fingerprint density at radius 2 is 1.10 bits per heavy atom. The standard InChI is InChI=1S/C16H26O4/c1-8-9(12(17)15(2,3)4)11(10(8)14(19)20)13(18)16(5,6)7/h8-11H,1-7H3,(H,19,20). The summed E-state index contributed by atoms with van der Waals surface area (Å²) in [6, 6.07) is 0. The molecule has 114 valence electrons. The zero-order chi connectivity index (χ0) is 16.0. The van der Waals surface area contributed by atoms with Crippen LogP contribution in [0.1, 0.15) is 48.5 Å². The van der Waals surface area contributed by atoms with Crippen molar-refractivity contribution in [1.29, 1.82) is 0 Å². The molecule has 0 aliphatic heterocycles. The van der Waals surface area contributed by atoms with Crippen LogP contribution in [-0.2, 0) is 14.4 Å². The second-order valence-corrected chi connectivity index (χ2v) is 8.00. The highest BCUT2D eigenvalue weighted by Gasteiger charge is 2.60. The molecular formula is C16H26O4. The first kappa shape index (κ1) is 16.9. The third-order valence-electron chi connectivity index (χ3n) is 4.28. The van der Waals surface area contributed by atoms with Gasteiger partial charge in [0.05, 0.1) is 5.92 Å². The lowest BCUT2D eigenvalue weighted by Crippen LogP contribution is -2.59. The summed E-state index contributed by atoms with van der Waals surface area (Å²) in [7, 11) is 0. The summed E-state index contributed by atoms with van der Waals surface area (Å²) < 4.78 is 0. The Morgan fingerprint density at radius 3 is 1.40 bits per heavy atom. The molecule has 4 unspecified atom stereocenters. The fourth-order valence-corrected chi connectivity index (χ4v) is 3.06. The summed E-state index contributed by atoms with van der Waals surface area (Å²) >= 11 is 0. The molecule has 1 aliphatic rings. The molecule has 0 saturated heterocycles. The van der Waals surface area contributed by atoms with Crippen LogP contribution in [0.25, 0.3) is 0 Å². The van der Waals surface area contributed by atoms with Crippen LogP contribution in [0.5, 0.6) is 0 Å². The van der Waals surface area contributed by atoms with Crippen LogP contribution in [0.2, 0.25) is 0 Å². The number of hydrogen-bond donors (Lipinski definition) is 1. The number of ketones is 2. The van der Waals surface area contributed by atoms with E-state index >= 15 is 0 Å². The summed E-state index contributed by atoms with van der Waals surface area (Å²) in [5.41, 5.74) is -1.19. The Morgan fingerprint density at radius 1 is 0.750 bits per heavy atom. The van der Waals surface area contributed by atoms with Crippen LogP contribution < -0.4 is 0 Å². The van der Waals surface area contributed by atoms with Crippen molar-refractivity contribution in [3.8, 4) is 0 Å². The van der Waals surface area contributed by atoms with E-state index in [4.69, 9.17) is 0 Å². The van der Waals surface area contributed by atoms with Gasteiger partial charge in [-0.15, -0.1) is 0 Å². The van der Waals surface area contributed by atoms with Crippen LogP contribution in [-0.4, -0.2) is 22.6 Å². The Balaban J connectivity index is 3.15. The summed E-state index contributed by atoms with van der Waals surface area (Å²) in [5, 5.41) is 9.33. The number of aliphatic carboxylic acids is 1. The molecule has 4 nitrogen and oxygen atoms in total. The number of rotatable bonds is 3. The van der Waals surface area contributed by atoms with E-state index in [1.807, 2.05) is 20.8 Å². The van der Waals surface area contributed by atoms with E-state index in [-0.39, 0.29) is 17.5 Å². The van der Waals surface area contributed by atoms with Gasteiger partial charge in [0.25, 0.3) is 0 Å². The highest BCUT2D eigenvalue weighted by atomic mass is 16.4. The molecule has 1 saturated carbocycles. The highest BCUT2D eigenvalue weighted by molar-refractivity contribution is 5.99. The molecule has 0 bridgehead atoms. The number of carbonyl (C=O) groups excluding carboxylic acids is 2. The van der Waals surface area contributed by atoms with Crippen molar-refractivity contribution >= 4 is 17.5 Å². The van der Waals surface area contributed by atoms with E-state index in [9.17, 15) is 19.5 Å². The van der Waals surface area contributed by atoms with Crippen LogP contribution >= 0.6 is 0 Å². The molecule has 0 spiro atoms. The molecule has 0 aromatic carbocycles. The molecule has 20 heavy (non-hydrogen) atoms. The van der Waals surface area contributed by atoms with Crippen LogP contribution in [0.3, 0.4) is 0 Å². The smallest absolute Gasteiger partial charge is 0.307 e. The maximum atomic E-state index is 12.5. The van der Waals surface area contributed by atoms with Gasteiger partial charge < -0.3 is 5.11 Å². The maximum Gasteiger partial charge on any atom is 0.307 e. The van der Waals surface area contributed by atoms with Crippen molar-refractivity contribution in [3.05, 3.63) is 0 Å². The van der Waals surface area contributed by atoms with Crippen molar-refractivity contribution in [2.45, 2.75) is 48.5 Å². The summed E-state index contributed by atoms with van der Waals surface area (Å²) in [4.78, 5) is 36.4. The molecule has 4 heteroatoms. The molecule has 0 aromatic rings. The van der Waals surface area contributed by atoms with E-state index in [1.165, 1.54) is 0 Å². The zero-order valence-electron chi connectivity index (χ0n) is 13.5. The predicted molar refractivity (Wildman–Crippen MR) is 76.2 cm³/mol. The first-order chi connectivity index (χ1) is 8.80. The van der Waals surface area contributed by atoms with Crippen LogP contribution in [0.15, 0.2) is 0 Å². The van der Waals surface area contributed by atoms with E-state index in [2.05, 4.69) is 0 Å². The fourth-order valence-electron chi connectivity index (χ4n) is 3.06. The summed E-state index contributed by atoms with van der Waals surface area (Å²) in [6.45, 7) is 12.5. The van der Waals surface area contributed by atoms with E-state index in [0.29, 0.717) is 0 Å². The quantitative estimate of drug-likeness (QED) is 0.864. The molecule has 4 atom stereocenters. The lowest BCUT2D eigenvalue weighted by Gasteiger charge is -2.50. The molecule has 0 aromatic heterocycles. The van der Waals surface area contributed by atoms with Gasteiger partial charge >= 0.3 is 5.97 Å². The molecule has 1 rings (SSSR count). The monoisotopic (exact) mass is 282 g/mol. The minimum Gasteiger partial charge on any atom is -0.481 e. The number of carboxylic acid groups (broad SMARTS) is 1. The number of carbonyl (C=O) groups is 3. The molecule has 0 heterocycles. The maximum absolute atomic E-state index is 12.5. The molecule has 0 radical (unpaired) electrons. The van der Waals surface area contributed by atoms with Crippen molar-refractivity contribution < 1.29 is 19.5 Å². The van der Waals surface area contributed by atoms with Gasteiger partial charge in [0.2, 0.25) is 0 Å². The molecule has 1 N–H and O–H groups in total. The first-order valence-electron chi connectivity index (χ1n) is 7.11. The Bertz CT molecular complexity index is 436. The van der Waals surface area contributed by atoms with Gasteiger partial charge in [0.1, 0.15) is 11.6 Å². The fraction of sp³-hybridized carbons (Fsp3) is 0.812. The number of Topliss-reactive ketones (excluding diaryl/α,β-unsaturated/α-hetero) is 2. The minimum absolute atomic E-state index is 0.00917. The topological polar surface area (TPSA) is 71.4 Å². The van der Waals surface area contributed by atoms with Crippen molar-refractivity contribution in [2.24, 2.45) is 34.5 Å². The van der Waals surface area contributed by atoms with Crippen LogP contribution in [0.4, 0.5) is 0 Å². The van der Waals surface area contributed by atoms with Gasteiger partial charge in [-0.25, -0.2) is 0 Å². The molecular weight excluding hydrogens is 256 g/mol. The van der Waals surface area contributed by atoms with Gasteiger partial charge in [-0.2, -0.15) is 0 Å². The average Bonchev–Trinajstić information content (AvgIpc) is 2.21. The first-order valence-corrected chi connectivity index (χ1v) is 7.11. The van der Waals surface area contributed by atoms with E-state index in [1.54, 1.807) is 27.7 Å². The van der Waals surface area contributed by atoms with Gasteiger partial charge in [-0.05, 0) is 5.92 Å². The number of carboxylic acids is 1. The Hall–Kier alpha value is -1.19.